The highest BCUT2D eigenvalue weighted by Crippen LogP contribution is 2.30. The van der Waals surface area contributed by atoms with E-state index in [0.29, 0.717) is 23.0 Å². The number of nitrogens with zero attached hydrogens (tertiary/aromatic N) is 2. The van der Waals surface area contributed by atoms with Gasteiger partial charge in [-0.3, -0.25) is 0 Å². The van der Waals surface area contributed by atoms with Gasteiger partial charge in [-0.15, -0.1) is 11.8 Å². The van der Waals surface area contributed by atoms with E-state index in [-0.39, 0.29) is 17.8 Å². The molecular weight excluding hydrogens is 276 g/mol. The second-order valence-corrected chi connectivity index (χ2v) is 5.53. The number of methoxy groups -OCH3 is 1. The van der Waals surface area contributed by atoms with Gasteiger partial charge in [0.1, 0.15) is 23.1 Å². The van der Waals surface area contributed by atoms with E-state index in [4.69, 9.17) is 4.74 Å². The molecule has 1 fully saturated rings. The first kappa shape index (κ1) is 13.1. The molecule has 1 aromatic heterocycles. The molecule has 1 aromatic carbocycles. The number of ether oxygens (including phenoxy) is 1. The number of pyridine rings is 1. The van der Waals surface area contributed by atoms with Crippen molar-refractivity contribution < 1.29 is 14.6 Å². The molecule has 1 saturated heterocycles. The van der Waals surface area contributed by atoms with Crippen molar-refractivity contribution in [2.24, 2.45) is 0 Å². The van der Waals surface area contributed by atoms with E-state index in [0.717, 1.165) is 5.39 Å². The third kappa shape index (κ3) is 2.16. The number of aromatic nitrogens is 1. The third-order valence-electron chi connectivity index (χ3n) is 3.33. The van der Waals surface area contributed by atoms with Gasteiger partial charge in [-0.05, 0) is 18.2 Å². The van der Waals surface area contributed by atoms with Crippen LogP contribution in [-0.2, 0) is 9.53 Å². The minimum atomic E-state index is -0.319. The van der Waals surface area contributed by atoms with E-state index in [1.165, 1.54) is 7.11 Å². The van der Waals surface area contributed by atoms with Gasteiger partial charge in [0.25, 0.3) is 0 Å². The number of phenolic OH excluding ortho intramolecular Hbond substituents is 1. The molecule has 1 unspecified atom stereocenters. The minimum absolute atomic E-state index is 0.144. The van der Waals surface area contributed by atoms with Crippen molar-refractivity contribution in [1.82, 2.24) is 4.98 Å². The zero-order valence-electron chi connectivity index (χ0n) is 10.9. The summed E-state index contributed by atoms with van der Waals surface area (Å²) >= 11 is 1.66. The molecule has 3 rings (SSSR count). The van der Waals surface area contributed by atoms with E-state index < -0.39 is 0 Å². The number of fused-ring (bicyclic) bond motifs is 1. The summed E-state index contributed by atoms with van der Waals surface area (Å²) < 4.78 is 4.83. The van der Waals surface area contributed by atoms with Crippen LogP contribution in [0.3, 0.4) is 0 Å². The van der Waals surface area contributed by atoms with Crippen LogP contribution in [0.15, 0.2) is 30.3 Å². The number of thioether (sulfide) groups is 1. The minimum Gasteiger partial charge on any atom is -0.506 e. The van der Waals surface area contributed by atoms with E-state index in [1.807, 2.05) is 23.1 Å². The largest absolute Gasteiger partial charge is 0.506 e. The normalized spacial score (nSPS) is 18.4. The summed E-state index contributed by atoms with van der Waals surface area (Å²) in [6.45, 7) is 0. The lowest BCUT2D eigenvalue weighted by Crippen LogP contribution is -2.39. The summed E-state index contributed by atoms with van der Waals surface area (Å²) in [5.41, 5.74) is 0.547. The number of hydrogen-bond acceptors (Lipinski definition) is 6. The van der Waals surface area contributed by atoms with Crippen LogP contribution in [0, 0.1) is 0 Å². The van der Waals surface area contributed by atoms with Crippen molar-refractivity contribution in [2.45, 2.75) is 6.04 Å². The summed E-state index contributed by atoms with van der Waals surface area (Å²) in [5.74, 6) is 1.94. The first-order chi connectivity index (χ1) is 9.70. The van der Waals surface area contributed by atoms with E-state index in [1.54, 1.807) is 23.9 Å². The highest BCUT2D eigenvalue weighted by atomic mass is 32.2. The number of hydrogen-bond donors (Lipinski definition) is 1. The van der Waals surface area contributed by atoms with Crippen LogP contribution < -0.4 is 4.90 Å². The van der Waals surface area contributed by atoms with Crippen molar-refractivity contribution in [3.63, 3.8) is 0 Å². The number of benzene rings is 1. The molecule has 0 aliphatic carbocycles. The van der Waals surface area contributed by atoms with Gasteiger partial charge in [0.2, 0.25) is 0 Å². The first-order valence-corrected chi connectivity index (χ1v) is 7.37. The van der Waals surface area contributed by atoms with Gasteiger partial charge >= 0.3 is 5.97 Å². The molecule has 20 heavy (non-hydrogen) atoms. The Hall–Kier alpha value is -1.95. The van der Waals surface area contributed by atoms with E-state index in [2.05, 4.69) is 4.98 Å². The Labute approximate surface area is 120 Å². The fraction of sp³-hybridized carbons (Fsp3) is 0.286. The highest BCUT2D eigenvalue weighted by molar-refractivity contribution is 7.99. The summed E-state index contributed by atoms with van der Waals surface area (Å²) in [5, 5.41) is 10.8. The number of esters is 1. The van der Waals surface area contributed by atoms with Crippen LogP contribution >= 0.6 is 11.8 Å². The molecule has 0 amide bonds. The maximum atomic E-state index is 11.8. The van der Waals surface area contributed by atoms with Gasteiger partial charge in [0.15, 0.2) is 0 Å². The van der Waals surface area contributed by atoms with Crippen molar-refractivity contribution in [1.29, 1.82) is 0 Å². The van der Waals surface area contributed by atoms with Crippen LogP contribution in [0.1, 0.15) is 0 Å². The molecule has 1 N–H and O–H groups in total. The Bertz CT molecular complexity index is 662. The quantitative estimate of drug-likeness (QED) is 0.854. The Morgan fingerprint density at radius 1 is 1.45 bits per heavy atom. The number of aromatic hydroxyl groups is 1. The van der Waals surface area contributed by atoms with Gasteiger partial charge in [0.05, 0.1) is 13.0 Å². The molecule has 0 bridgehead atoms. The average Bonchev–Trinajstić information content (AvgIpc) is 2.96. The summed E-state index contributed by atoms with van der Waals surface area (Å²) in [6.07, 6.45) is 0. The van der Waals surface area contributed by atoms with Crippen LogP contribution in [0.25, 0.3) is 10.9 Å². The van der Waals surface area contributed by atoms with Crippen LogP contribution in [0.2, 0.25) is 0 Å². The molecule has 0 radical (unpaired) electrons. The van der Waals surface area contributed by atoms with Gasteiger partial charge in [-0.2, -0.15) is 0 Å². The Kier molecular flexibility index (Phi) is 3.40. The second kappa shape index (κ2) is 5.20. The number of phenols is 1. The maximum absolute atomic E-state index is 11.8. The molecule has 1 aliphatic heterocycles. The standard InChI is InChI=1S/C14H14N2O3S/c1-19-14(18)10-7-20-8-16(10)12-6-5-9-3-2-4-11(17)13(9)15-12/h2-6,10,17H,7-8H2,1H3. The number of carbonyl (C=O) groups is 1. The Balaban J connectivity index is 2.01. The number of carbonyl (C=O) groups excluding carboxylic acids is 1. The van der Waals surface area contributed by atoms with Gasteiger partial charge in [0, 0.05) is 11.1 Å². The molecule has 1 atom stereocenters. The predicted molar refractivity (Wildman–Crippen MR) is 79.0 cm³/mol. The van der Waals surface area contributed by atoms with Gasteiger partial charge in [-0.1, -0.05) is 12.1 Å². The molecule has 2 aromatic rings. The van der Waals surface area contributed by atoms with E-state index in [9.17, 15) is 9.90 Å². The molecule has 1 aliphatic rings. The molecule has 0 spiro atoms. The van der Waals surface area contributed by atoms with Crippen LogP contribution in [0.5, 0.6) is 5.75 Å². The molecule has 6 heteroatoms. The van der Waals surface area contributed by atoms with Crippen LogP contribution in [0.4, 0.5) is 5.82 Å². The summed E-state index contributed by atoms with van der Waals surface area (Å²) in [4.78, 5) is 18.2. The molecule has 0 saturated carbocycles. The van der Waals surface area contributed by atoms with E-state index >= 15 is 0 Å². The zero-order valence-corrected chi connectivity index (χ0v) is 11.8. The first-order valence-electron chi connectivity index (χ1n) is 6.21. The van der Waals surface area contributed by atoms with Gasteiger partial charge in [-0.25, -0.2) is 9.78 Å². The maximum Gasteiger partial charge on any atom is 0.329 e. The lowest BCUT2D eigenvalue weighted by atomic mass is 10.2. The average molecular weight is 290 g/mol. The second-order valence-electron chi connectivity index (χ2n) is 4.53. The number of anilines is 1. The monoisotopic (exact) mass is 290 g/mol. The Morgan fingerprint density at radius 3 is 3.10 bits per heavy atom. The predicted octanol–water partition coefficient (Wildman–Crippen LogP) is 1.99. The van der Waals surface area contributed by atoms with Crippen molar-refractivity contribution in [3.05, 3.63) is 30.3 Å². The molecule has 2 heterocycles. The fourth-order valence-electron chi connectivity index (χ4n) is 2.28. The molecular formula is C14H14N2O3S. The fourth-order valence-corrected chi connectivity index (χ4v) is 3.43. The number of rotatable bonds is 2. The summed E-state index contributed by atoms with van der Waals surface area (Å²) in [6, 6.07) is 8.72. The Morgan fingerprint density at radius 2 is 2.30 bits per heavy atom. The summed E-state index contributed by atoms with van der Waals surface area (Å²) in [7, 11) is 1.39. The van der Waals surface area contributed by atoms with Crippen molar-refractivity contribution >= 4 is 34.5 Å². The van der Waals surface area contributed by atoms with Crippen molar-refractivity contribution in [3.8, 4) is 5.75 Å². The van der Waals surface area contributed by atoms with Crippen molar-refractivity contribution in [2.75, 3.05) is 23.6 Å². The van der Waals surface area contributed by atoms with Crippen LogP contribution in [-0.4, -0.2) is 40.8 Å². The number of para-hydroxylation sites is 1. The SMILES string of the molecule is COC(=O)C1CSCN1c1ccc2cccc(O)c2n1. The lowest BCUT2D eigenvalue weighted by Gasteiger charge is -2.22. The zero-order chi connectivity index (χ0) is 14.1. The topological polar surface area (TPSA) is 62.7 Å². The smallest absolute Gasteiger partial charge is 0.329 e. The van der Waals surface area contributed by atoms with Gasteiger partial charge < -0.3 is 14.7 Å². The lowest BCUT2D eigenvalue weighted by molar-refractivity contribution is -0.141. The highest BCUT2D eigenvalue weighted by Gasteiger charge is 2.33. The molecule has 5 nitrogen and oxygen atoms in total. The third-order valence-corrected chi connectivity index (χ3v) is 4.35. The molecule has 104 valence electrons.